The number of para-hydroxylation sites is 1. The minimum Gasteiger partial charge on any atom is -0.346 e. The van der Waals surface area contributed by atoms with Crippen LogP contribution in [0.1, 0.15) is 42.5 Å². The maximum atomic E-state index is 12.9. The maximum Gasteiger partial charge on any atom is 0.287 e. The third kappa shape index (κ3) is 3.82. The van der Waals surface area contributed by atoms with Gasteiger partial charge in [0.15, 0.2) is 6.04 Å². The minimum atomic E-state index is -1.25. The molecule has 3 nitrogen and oxygen atoms in total. The summed E-state index contributed by atoms with van der Waals surface area (Å²) in [6.07, 6.45) is 2.03. The first-order chi connectivity index (χ1) is 16.7. The fourth-order valence-corrected chi connectivity index (χ4v) is 5.09. The fraction of sp³-hybridized carbons (Fsp3) is 0.194. The number of aliphatic hydroxyl groups is 1. The van der Waals surface area contributed by atoms with Crippen molar-refractivity contribution >= 4 is 11.5 Å². The summed E-state index contributed by atoms with van der Waals surface area (Å²) in [7, 11) is 0. The molecule has 0 radical (unpaired) electrons. The van der Waals surface area contributed by atoms with Gasteiger partial charge in [-0.15, -0.1) is 0 Å². The molecule has 0 aliphatic carbocycles. The summed E-state index contributed by atoms with van der Waals surface area (Å²) < 4.78 is 2.23. The highest BCUT2D eigenvalue weighted by atomic mass is 16.3. The zero-order chi connectivity index (χ0) is 23.4. The van der Waals surface area contributed by atoms with Gasteiger partial charge >= 0.3 is 0 Å². The standard InChI is InChI=1S/C31H31N2O/c1-2-3-24-32-30(26-18-10-5-11-19-26)33(28-22-14-7-15-23-28)29(25-16-8-4-9-17-25)31(32,34)27-20-12-6-13-21-27/h4-23,29,34H,2-3,24H2,1H3/q+1. The van der Waals surface area contributed by atoms with E-state index in [2.05, 4.69) is 89.2 Å². The largest absolute Gasteiger partial charge is 0.346 e. The predicted molar refractivity (Wildman–Crippen MR) is 139 cm³/mol. The molecule has 4 aromatic rings. The van der Waals surface area contributed by atoms with Crippen molar-refractivity contribution in [3.05, 3.63) is 138 Å². The molecule has 1 heterocycles. The summed E-state index contributed by atoms with van der Waals surface area (Å²) >= 11 is 0. The van der Waals surface area contributed by atoms with Crippen LogP contribution >= 0.6 is 0 Å². The van der Waals surface area contributed by atoms with E-state index in [4.69, 9.17) is 0 Å². The van der Waals surface area contributed by atoms with E-state index >= 15 is 0 Å². The van der Waals surface area contributed by atoms with E-state index < -0.39 is 5.72 Å². The summed E-state index contributed by atoms with van der Waals surface area (Å²) in [6, 6.07) is 41.1. The molecule has 5 rings (SSSR count). The molecule has 1 aliphatic heterocycles. The number of anilines is 1. The van der Waals surface area contributed by atoms with Gasteiger partial charge in [-0.3, -0.25) is 0 Å². The molecule has 170 valence electrons. The van der Waals surface area contributed by atoms with Gasteiger partial charge in [-0.2, -0.15) is 0 Å². The fourth-order valence-electron chi connectivity index (χ4n) is 5.09. The lowest BCUT2D eigenvalue weighted by molar-refractivity contribution is -0.665. The van der Waals surface area contributed by atoms with Crippen molar-refractivity contribution in [2.24, 2.45) is 0 Å². The molecular weight excluding hydrogens is 416 g/mol. The first-order valence-electron chi connectivity index (χ1n) is 12.1. The second-order valence-corrected chi connectivity index (χ2v) is 8.81. The van der Waals surface area contributed by atoms with Crippen molar-refractivity contribution in [2.75, 3.05) is 11.4 Å². The Kier molecular flexibility index (Phi) is 6.29. The summed E-state index contributed by atoms with van der Waals surface area (Å²) in [5, 5.41) is 12.9. The molecule has 4 aromatic carbocycles. The number of amidine groups is 1. The van der Waals surface area contributed by atoms with Gasteiger partial charge in [-0.05, 0) is 30.7 Å². The molecule has 0 saturated carbocycles. The quantitative estimate of drug-likeness (QED) is 0.334. The lowest BCUT2D eigenvalue weighted by atomic mass is 9.88. The van der Waals surface area contributed by atoms with Gasteiger partial charge in [0.2, 0.25) is 0 Å². The third-order valence-corrected chi connectivity index (χ3v) is 6.65. The monoisotopic (exact) mass is 447 g/mol. The van der Waals surface area contributed by atoms with Gasteiger partial charge in [-0.25, -0.2) is 9.48 Å². The number of unbranched alkanes of at least 4 members (excludes halogenated alkanes) is 1. The van der Waals surface area contributed by atoms with Crippen molar-refractivity contribution < 1.29 is 9.68 Å². The molecule has 2 atom stereocenters. The zero-order valence-corrected chi connectivity index (χ0v) is 19.6. The Labute approximate surface area is 202 Å². The third-order valence-electron chi connectivity index (χ3n) is 6.65. The molecule has 1 aliphatic rings. The second-order valence-electron chi connectivity index (χ2n) is 8.81. The number of hydrogen-bond acceptors (Lipinski definition) is 2. The van der Waals surface area contributed by atoms with Crippen LogP contribution in [0.25, 0.3) is 0 Å². The van der Waals surface area contributed by atoms with Gasteiger partial charge in [0.05, 0.1) is 12.1 Å². The van der Waals surface area contributed by atoms with E-state index in [0.717, 1.165) is 47.6 Å². The van der Waals surface area contributed by atoms with Crippen LogP contribution in [0, 0.1) is 0 Å². The van der Waals surface area contributed by atoms with Crippen LogP contribution in [-0.2, 0) is 5.72 Å². The van der Waals surface area contributed by atoms with Gasteiger partial charge in [0, 0.05) is 11.1 Å². The topological polar surface area (TPSA) is 26.5 Å². The molecular formula is C31H31N2O+. The molecule has 0 spiro atoms. The van der Waals surface area contributed by atoms with Crippen molar-refractivity contribution in [1.29, 1.82) is 0 Å². The highest BCUT2D eigenvalue weighted by Gasteiger charge is 2.61. The van der Waals surface area contributed by atoms with Crippen LogP contribution in [0.2, 0.25) is 0 Å². The highest BCUT2D eigenvalue weighted by Crippen LogP contribution is 2.48. The Balaban J connectivity index is 1.86. The van der Waals surface area contributed by atoms with Crippen LogP contribution in [0.5, 0.6) is 0 Å². The van der Waals surface area contributed by atoms with Gasteiger partial charge in [-0.1, -0.05) is 110 Å². The Morgan fingerprint density at radius 2 is 1.26 bits per heavy atom. The Morgan fingerprint density at radius 3 is 1.85 bits per heavy atom. The molecule has 2 unspecified atom stereocenters. The van der Waals surface area contributed by atoms with Crippen LogP contribution in [-0.4, -0.2) is 22.1 Å². The van der Waals surface area contributed by atoms with Crippen LogP contribution < -0.4 is 4.90 Å². The van der Waals surface area contributed by atoms with E-state index in [9.17, 15) is 5.11 Å². The van der Waals surface area contributed by atoms with Gasteiger partial charge in [0.25, 0.3) is 11.6 Å². The molecule has 0 bridgehead atoms. The van der Waals surface area contributed by atoms with E-state index in [1.807, 2.05) is 48.5 Å². The summed E-state index contributed by atoms with van der Waals surface area (Å²) in [6.45, 7) is 2.95. The van der Waals surface area contributed by atoms with Crippen molar-refractivity contribution in [3.63, 3.8) is 0 Å². The number of benzene rings is 4. The number of nitrogens with zero attached hydrogens (tertiary/aromatic N) is 2. The summed E-state index contributed by atoms with van der Waals surface area (Å²) in [5.74, 6) is 1.03. The Morgan fingerprint density at radius 1 is 0.735 bits per heavy atom. The predicted octanol–water partition coefficient (Wildman–Crippen LogP) is 6.35. The van der Waals surface area contributed by atoms with Crippen LogP contribution in [0.3, 0.4) is 0 Å². The lowest BCUT2D eigenvalue weighted by Crippen LogP contribution is -2.43. The van der Waals surface area contributed by atoms with Crippen molar-refractivity contribution in [3.8, 4) is 0 Å². The molecule has 34 heavy (non-hydrogen) atoms. The van der Waals surface area contributed by atoms with E-state index in [1.165, 1.54) is 0 Å². The first-order valence-corrected chi connectivity index (χ1v) is 12.1. The lowest BCUT2D eigenvalue weighted by Gasteiger charge is -2.31. The van der Waals surface area contributed by atoms with Crippen molar-refractivity contribution in [2.45, 2.75) is 31.5 Å². The highest BCUT2D eigenvalue weighted by molar-refractivity contribution is 6.08. The van der Waals surface area contributed by atoms with Crippen molar-refractivity contribution in [1.82, 2.24) is 0 Å². The molecule has 0 fully saturated rings. The Bertz CT molecular complexity index is 1240. The smallest absolute Gasteiger partial charge is 0.287 e. The first kappa shape index (κ1) is 22.1. The Hall–Kier alpha value is -3.69. The van der Waals surface area contributed by atoms with Gasteiger partial charge in [0.1, 0.15) is 5.69 Å². The molecule has 0 aromatic heterocycles. The SMILES string of the molecule is CCCC[N+]1=C(c2ccccc2)N(c2ccccc2)C(c2ccccc2)C1(O)c1ccccc1. The number of rotatable bonds is 7. The zero-order valence-electron chi connectivity index (χ0n) is 19.6. The normalized spacial score (nSPS) is 20.1. The average Bonchev–Trinajstić information content (AvgIpc) is 3.18. The molecule has 1 N–H and O–H groups in total. The van der Waals surface area contributed by atoms with Crippen LogP contribution in [0.15, 0.2) is 121 Å². The summed E-state index contributed by atoms with van der Waals surface area (Å²) in [4.78, 5) is 2.33. The maximum absolute atomic E-state index is 12.9. The molecule has 0 saturated heterocycles. The average molecular weight is 448 g/mol. The summed E-state index contributed by atoms with van der Waals surface area (Å²) in [5.41, 5.74) is 2.87. The second kappa shape index (κ2) is 9.66. The van der Waals surface area contributed by atoms with Crippen LogP contribution in [0.4, 0.5) is 5.69 Å². The minimum absolute atomic E-state index is 0.328. The van der Waals surface area contributed by atoms with E-state index in [0.29, 0.717) is 0 Å². The number of hydrogen-bond donors (Lipinski definition) is 1. The molecule has 3 heteroatoms. The molecule has 0 amide bonds. The van der Waals surface area contributed by atoms with E-state index in [1.54, 1.807) is 0 Å². The van der Waals surface area contributed by atoms with Gasteiger partial charge < -0.3 is 5.11 Å². The van der Waals surface area contributed by atoms with E-state index in [-0.39, 0.29) is 6.04 Å².